The van der Waals surface area contributed by atoms with Crippen LogP contribution in [0.5, 0.6) is 0 Å². The quantitative estimate of drug-likeness (QED) is 0.716. The van der Waals surface area contributed by atoms with E-state index in [2.05, 4.69) is 4.98 Å². The maximum atomic E-state index is 13.3. The van der Waals surface area contributed by atoms with E-state index in [9.17, 15) is 9.59 Å². The van der Waals surface area contributed by atoms with Crippen LogP contribution in [-0.4, -0.2) is 40.5 Å². The van der Waals surface area contributed by atoms with Gasteiger partial charge in [-0.05, 0) is 44.2 Å². The van der Waals surface area contributed by atoms with Crippen LogP contribution in [0, 0.1) is 5.41 Å². The molecule has 2 saturated heterocycles. The summed E-state index contributed by atoms with van der Waals surface area (Å²) in [6, 6.07) is 11.5. The first kappa shape index (κ1) is 18.9. The molecular formula is C22H23ClN2O3. The zero-order valence-corrected chi connectivity index (χ0v) is 16.6. The highest BCUT2D eigenvalue weighted by molar-refractivity contribution is 6.30. The van der Waals surface area contributed by atoms with Crippen molar-refractivity contribution in [3.63, 3.8) is 0 Å². The van der Waals surface area contributed by atoms with Crippen molar-refractivity contribution in [3.05, 3.63) is 64.9 Å². The van der Waals surface area contributed by atoms with Crippen LogP contribution in [-0.2, 0) is 16.0 Å². The molecule has 1 aromatic heterocycles. The molecule has 0 spiro atoms. The molecule has 5 nitrogen and oxygen atoms in total. The molecule has 3 atom stereocenters. The smallest absolute Gasteiger partial charge is 0.314 e. The van der Waals surface area contributed by atoms with Crippen molar-refractivity contribution in [2.24, 2.45) is 5.41 Å². The molecule has 0 unspecified atom stereocenters. The number of halogens is 1. The predicted molar refractivity (Wildman–Crippen MR) is 106 cm³/mol. The minimum absolute atomic E-state index is 0.0320. The van der Waals surface area contributed by atoms with Crippen molar-refractivity contribution < 1.29 is 14.3 Å². The summed E-state index contributed by atoms with van der Waals surface area (Å²) in [5.74, 6) is -0.310. The Morgan fingerprint density at radius 1 is 1.25 bits per heavy atom. The number of amides is 1. The SMILES string of the molecule is CCOC(=O)[C@@]1(Cc2ccccc2)C[C@H]2CC[C@@H]1N2C(=O)c1cncc(Cl)c1. The van der Waals surface area contributed by atoms with Crippen molar-refractivity contribution >= 4 is 23.5 Å². The highest BCUT2D eigenvalue weighted by Gasteiger charge is 2.62. The van der Waals surface area contributed by atoms with E-state index in [1.807, 2.05) is 42.2 Å². The van der Waals surface area contributed by atoms with Crippen molar-refractivity contribution in [1.82, 2.24) is 9.88 Å². The lowest BCUT2D eigenvalue weighted by Gasteiger charge is -2.35. The minimum Gasteiger partial charge on any atom is -0.465 e. The third-order valence-electron chi connectivity index (χ3n) is 5.97. The van der Waals surface area contributed by atoms with Gasteiger partial charge in [0.1, 0.15) is 0 Å². The normalized spacial score (nSPS) is 25.7. The van der Waals surface area contributed by atoms with Gasteiger partial charge in [-0.15, -0.1) is 0 Å². The fourth-order valence-corrected chi connectivity index (χ4v) is 5.06. The summed E-state index contributed by atoms with van der Waals surface area (Å²) in [5, 5.41) is 0.429. The molecule has 28 heavy (non-hydrogen) atoms. The standard InChI is InChI=1S/C22H23ClN2O3/c1-2-28-21(27)22(11-15-6-4-3-5-7-15)12-18-8-9-19(22)25(18)20(26)16-10-17(23)14-24-13-16/h3-7,10,13-14,18-19H,2,8-9,11-12H2,1H3/t18-,19+,22+/m1/s1. The molecule has 2 aliphatic heterocycles. The van der Waals surface area contributed by atoms with E-state index < -0.39 is 5.41 Å². The Kier molecular flexibility index (Phi) is 5.11. The molecule has 4 rings (SSSR count). The number of esters is 1. The number of ether oxygens (including phenoxy) is 1. The molecule has 0 N–H and O–H groups in total. The van der Waals surface area contributed by atoms with Crippen LogP contribution in [0.4, 0.5) is 0 Å². The van der Waals surface area contributed by atoms with Crippen molar-refractivity contribution in [1.29, 1.82) is 0 Å². The lowest BCUT2D eigenvalue weighted by atomic mass is 9.70. The Balaban J connectivity index is 1.69. The summed E-state index contributed by atoms with van der Waals surface area (Å²) in [5.41, 5.74) is 0.839. The predicted octanol–water partition coefficient (Wildman–Crippen LogP) is 3.90. The topological polar surface area (TPSA) is 59.5 Å². The number of nitrogens with zero attached hydrogens (tertiary/aromatic N) is 2. The summed E-state index contributed by atoms with van der Waals surface area (Å²) in [7, 11) is 0. The molecular weight excluding hydrogens is 376 g/mol. The summed E-state index contributed by atoms with van der Waals surface area (Å²) in [6.07, 6.45) is 5.96. The molecule has 2 aromatic rings. The Hall–Kier alpha value is -2.40. The number of carbonyl (C=O) groups is 2. The van der Waals surface area contributed by atoms with E-state index in [1.165, 1.54) is 12.4 Å². The molecule has 2 bridgehead atoms. The van der Waals surface area contributed by atoms with Gasteiger partial charge in [0.15, 0.2) is 0 Å². The van der Waals surface area contributed by atoms with E-state index >= 15 is 0 Å². The maximum absolute atomic E-state index is 13.3. The second-order valence-corrected chi connectivity index (χ2v) is 8.03. The Morgan fingerprint density at radius 2 is 2.04 bits per heavy atom. The summed E-state index contributed by atoms with van der Waals surface area (Å²) in [4.78, 5) is 32.3. The second kappa shape index (κ2) is 7.55. The van der Waals surface area contributed by atoms with E-state index in [0.29, 0.717) is 30.0 Å². The van der Waals surface area contributed by atoms with Gasteiger partial charge in [0.05, 0.1) is 22.6 Å². The van der Waals surface area contributed by atoms with Gasteiger partial charge in [-0.2, -0.15) is 0 Å². The number of carbonyl (C=O) groups excluding carboxylic acids is 2. The highest BCUT2D eigenvalue weighted by Crippen LogP contribution is 2.52. The Bertz CT molecular complexity index is 888. The van der Waals surface area contributed by atoms with Gasteiger partial charge in [-0.3, -0.25) is 14.6 Å². The lowest BCUT2D eigenvalue weighted by molar-refractivity contribution is -0.157. The number of aromatic nitrogens is 1. The van der Waals surface area contributed by atoms with Crippen molar-refractivity contribution in [2.45, 2.75) is 44.7 Å². The number of pyridine rings is 1. The number of rotatable bonds is 5. The molecule has 0 radical (unpaired) electrons. The van der Waals surface area contributed by atoms with Gasteiger partial charge < -0.3 is 9.64 Å². The van der Waals surface area contributed by atoms with E-state index in [0.717, 1.165) is 18.4 Å². The zero-order valence-electron chi connectivity index (χ0n) is 15.8. The Morgan fingerprint density at radius 3 is 2.75 bits per heavy atom. The molecule has 1 aromatic carbocycles. The van der Waals surface area contributed by atoms with E-state index in [4.69, 9.17) is 16.3 Å². The van der Waals surface area contributed by atoms with Crippen LogP contribution < -0.4 is 0 Å². The zero-order chi connectivity index (χ0) is 19.7. The largest absolute Gasteiger partial charge is 0.465 e. The Labute approximate surface area is 169 Å². The third-order valence-corrected chi connectivity index (χ3v) is 6.18. The molecule has 1 amide bonds. The van der Waals surface area contributed by atoms with Gasteiger partial charge in [-0.25, -0.2) is 0 Å². The average Bonchev–Trinajstić information content (AvgIpc) is 3.25. The third kappa shape index (κ3) is 3.18. The maximum Gasteiger partial charge on any atom is 0.314 e. The number of hydrogen-bond acceptors (Lipinski definition) is 4. The molecule has 0 saturated carbocycles. The van der Waals surface area contributed by atoms with Gasteiger partial charge in [0.25, 0.3) is 5.91 Å². The van der Waals surface area contributed by atoms with Crippen LogP contribution >= 0.6 is 11.6 Å². The number of fused-ring (bicyclic) bond motifs is 2. The van der Waals surface area contributed by atoms with Crippen molar-refractivity contribution in [3.8, 4) is 0 Å². The summed E-state index contributed by atoms with van der Waals surface area (Å²) < 4.78 is 5.50. The molecule has 2 aliphatic rings. The molecule has 0 aliphatic carbocycles. The van der Waals surface area contributed by atoms with Crippen LogP contribution in [0.1, 0.15) is 42.1 Å². The number of benzene rings is 1. The van der Waals surface area contributed by atoms with Gasteiger partial charge in [0.2, 0.25) is 0 Å². The van der Waals surface area contributed by atoms with Crippen LogP contribution in [0.25, 0.3) is 0 Å². The molecule has 146 valence electrons. The molecule has 6 heteroatoms. The minimum atomic E-state index is -0.706. The average molecular weight is 399 g/mol. The first-order chi connectivity index (χ1) is 13.5. The van der Waals surface area contributed by atoms with Gasteiger partial charge >= 0.3 is 5.97 Å². The summed E-state index contributed by atoms with van der Waals surface area (Å²) in [6.45, 7) is 2.15. The van der Waals surface area contributed by atoms with Crippen LogP contribution in [0.2, 0.25) is 5.02 Å². The van der Waals surface area contributed by atoms with E-state index in [1.54, 1.807) is 6.07 Å². The lowest BCUT2D eigenvalue weighted by Crippen LogP contribution is -2.47. The van der Waals surface area contributed by atoms with Crippen LogP contribution in [0.3, 0.4) is 0 Å². The first-order valence-corrected chi connectivity index (χ1v) is 10.1. The molecule has 2 fully saturated rings. The molecule has 3 heterocycles. The van der Waals surface area contributed by atoms with Crippen molar-refractivity contribution in [2.75, 3.05) is 6.61 Å². The van der Waals surface area contributed by atoms with Gasteiger partial charge in [-0.1, -0.05) is 41.9 Å². The second-order valence-electron chi connectivity index (χ2n) is 7.59. The van der Waals surface area contributed by atoms with Crippen LogP contribution in [0.15, 0.2) is 48.8 Å². The highest BCUT2D eigenvalue weighted by atomic mass is 35.5. The fourth-order valence-electron chi connectivity index (χ4n) is 4.88. The number of hydrogen-bond donors (Lipinski definition) is 0. The monoisotopic (exact) mass is 398 g/mol. The summed E-state index contributed by atoms with van der Waals surface area (Å²) >= 11 is 6.03. The fraction of sp³-hybridized carbons (Fsp3) is 0.409. The first-order valence-electron chi connectivity index (χ1n) is 9.69. The van der Waals surface area contributed by atoms with Gasteiger partial charge in [0, 0.05) is 24.5 Å². The van der Waals surface area contributed by atoms with E-state index in [-0.39, 0.29) is 24.0 Å².